The molecule has 0 aliphatic carbocycles. The summed E-state index contributed by atoms with van der Waals surface area (Å²) in [6.07, 6.45) is 1.29. The molecule has 14 heteroatoms. The Bertz CT molecular complexity index is 1760. The Labute approximate surface area is 230 Å². The van der Waals surface area contributed by atoms with E-state index in [1.165, 1.54) is 16.6 Å². The van der Waals surface area contributed by atoms with Gasteiger partial charge in [0.1, 0.15) is 16.2 Å². The molecule has 210 valence electrons. The highest BCUT2D eigenvalue weighted by molar-refractivity contribution is 7.89. The van der Waals surface area contributed by atoms with Gasteiger partial charge in [0.05, 0.1) is 24.1 Å². The van der Waals surface area contributed by atoms with E-state index < -0.39 is 15.6 Å². The van der Waals surface area contributed by atoms with E-state index in [-0.39, 0.29) is 41.1 Å². The number of nitrogens with one attached hydrogen (secondary N) is 1. The van der Waals surface area contributed by atoms with E-state index in [0.29, 0.717) is 48.9 Å². The first-order valence-corrected chi connectivity index (χ1v) is 14.5. The van der Waals surface area contributed by atoms with Gasteiger partial charge in [-0.15, -0.1) is 0 Å². The van der Waals surface area contributed by atoms with Crippen molar-refractivity contribution in [2.75, 3.05) is 46.1 Å². The molecule has 2 aliphatic rings. The molecule has 13 nitrogen and oxygen atoms in total. The van der Waals surface area contributed by atoms with Gasteiger partial charge in [-0.3, -0.25) is 9.48 Å². The van der Waals surface area contributed by atoms with Crippen molar-refractivity contribution in [3.8, 4) is 40.0 Å². The second kappa shape index (κ2) is 10.2. The van der Waals surface area contributed by atoms with Crippen LogP contribution in [-0.2, 0) is 17.1 Å². The van der Waals surface area contributed by atoms with Gasteiger partial charge in [0.15, 0.2) is 17.0 Å². The molecule has 1 aromatic carbocycles. The summed E-state index contributed by atoms with van der Waals surface area (Å²) in [6.45, 7) is 7.21. The van der Waals surface area contributed by atoms with Crippen molar-refractivity contribution in [1.29, 1.82) is 0 Å². The van der Waals surface area contributed by atoms with E-state index in [4.69, 9.17) is 19.2 Å². The number of ether oxygens (including phenoxy) is 3. The van der Waals surface area contributed by atoms with E-state index in [1.54, 1.807) is 30.8 Å². The summed E-state index contributed by atoms with van der Waals surface area (Å²) < 4.78 is 46.8. The third kappa shape index (κ3) is 4.47. The molecule has 1 saturated heterocycles. The predicted octanol–water partition coefficient (Wildman–Crippen LogP) is 1.84. The second-order valence-corrected chi connectivity index (χ2v) is 11.4. The first-order chi connectivity index (χ1) is 19.3. The Morgan fingerprint density at radius 2 is 1.82 bits per heavy atom. The Kier molecular flexibility index (Phi) is 6.68. The summed E-state index contributed by atoms with van der Waals surface area (Å²) in [4.78, 5) is 27.2. The van der Waals surface area contributed by atoms with Gasteiger partial charge < -0.3 is 24.1 Å². The quantitative estimate of drug-likeness (QED) is 0.351. The Balaban J connectivity index is 1.47. The maximum atomic E-state index is 13.5. The van der Waals surface area contributed by atoms with Crippen LogP contribution in [-0.4, -0.2) is 88.5 Å². The molecule has 1 N–H and O–H groups in total. The summed E-state index contributed by atoms with van der Waals surface area (Å²) in [5.41, 5.74) is 1.57. The number of hydrogen-bond donors (Lipinski definition) is 1. The molecule has 5 heterocycles. The number of fused-ring (bicyclic) bond motifs is 2. The molecule has 0 bridgehead atoms. The van der Waals surface area contributed by atoms with E-state index >= 15 is 0 Å². The van der Waals surface area contributed by atoms with Gasteiger partial charge in [-0.2, -0.15) is 9.40 Å². The molecule has 0 amide bonds. The van der Waals surface area contributed by atoms with Crippen molar-refractivity contribution in [2.24, 2.45) is 7.05 Å². The minimum absolute atomic E-state index is 0.000767. The summed E-state index contributed by atoms with van der Waals surface area (Å²) >= 11 is 0. The number of aromatic nitrogens is 5. The van der Waals surface area contributed by atoms with Crippen LogP contribution in [0.1, 0.15) is 13.8 Å². The summed E-state index contributed by atoms with van der Waals surface area (Å²) in [5.74, 6) is 1.49. The number of aryl methyl sites for hydroxylation is 1. The summed E-state index contributed by atoms with van der Waals surface area (Å²) in [6, 6.07) is 6.89. The number of aromatic amines is 1. The molecular weight excluding hydrogens is 538 g/mol. The van der Waals surface area contributed by atoms with E-state index in [0.717, 1.165) is 12.1 Å². The number of piperazine rings is 1. The zero-order valence-corrected chi connectivity index (χ0v) is 23.2. The third-order valence-electron chi connectivity index (χ3n) is 7.12. The normalized spacial score (nSPS) is 16.1. The zero-order chi connectivity index (χ0) is 28.0. The van der Waals surface area contributed by atoms with Crippen LogP contribution in [0.5, 0.6) is 17.4 Å². The molecule has 3 aromatic heterocycles. The van der Waals surface area contributed by atoms with Crippen molar-refractivity contribution in [1.82, 2.24) is 33.9 Å². The number of rotatable bonds is 7. The molecule has 0 saturated carbocycles. The molecule has 0 spiro atoms. The van der Waals surface area contributed by atoms with Gasteiger partial charge in [-0.05, 0) is 37.7 Å². The van der Waals surface area contributed by atoms with Crippen molar-refractivity contribution in [2.45, 2.75) is 18.7 Å². The van der Waals surface area contributed by atoms with Gasteiger partial charge in [0.2, 0.25) is 22.7 Å². The second-order valence-electron chi connectivity index (χ2n) is 9.45. The molecule has 6 rings (SSSR count). The monoisotopic (exact) mass is 567 g/mol. The van der Waals surface area contributed by atoms with Gasteiger partial charge >= 0.3 is 0 Å². The minimum atomic E-state index is -3.83. The lowest BCUT2D eigenvalue weighted by atomic mass is 10.1. The fourth-order valence-electron chi connectivity index (χ4n) is 5.00. The summed E-state index contributed by atoms with van der Waals surface area (Å²) in [7, 11) is -2.11. The largest absolute Gasteiger partial charge is 0.477 e. The highest BCUT2D eigenvalue weighted by atomic mass is 32.2. The summed E-state index contributed by atoms with van der Waals surface area (Å²) in [5, 5.41) is 4.39. The molecular formula is C26H29N7O6S. The fraction of sp³-hybridized carbons (Fsp3) is 0.385. The minimum Gasteiger partial charge on any atom is -0.477 e. The number of H-pyrrole nitrogens is 1. The molecule has 1 fully saturated rings. The number of likely N-dealkylation sites (N-methyl/N-ethyl adjacent to an activating group) is 1. The fourth-order valence-corrected chi connectivity index (χ4v) is 6.40. The van der Waals surface area contributed by atoms with Crippen molar-refractivity contribution < 1.29 is 22.6 Å². The molecule has 4 aromatic rings. The van der Waals surface area contributed by atoms with Crippen LogP contribution < -0.4 is 19.8 Å². The highest BCUT2D eigenvalue weighted by Crippen LogP contribution is 2.38. The zero-order valence-electron chi connectivity index (χ0n) is 22.4. The third-order valence-corrected chi connectivity index (χ3v) is 8.98. The van der Waals surface area contributed by atoms with Gasteiger partial charge in [-0.25, -0.2) is 18.4 Å². The van der Waals surface area contributed by atoms with E-state index in [1.807, 2.05) is 6.07 Å². The first kappa shape index (κ1) is 26.2. The Morgan fingerprint density at radius 3 is 2.58 bits per heavy atom. The lowest BCUT2D eigenvalue weighted by Gasteiger charge is -2.33. The van der Waals surface area contributed by atoms with Crippen molar-refractivity contribution >= 4 is 21.1 Å². The molecule has 2 aliphatic heterocycles. The molecule has 0 radical (unpaired) electrons. The number of nitrogens with zero attached hydrogens (tertiary/aromatic N) is 6. The van der Waals surface area contributed by atoms with Gasteiger partial charge in [0.25, 0.3) is 5.56 Å². The van der Waals surface area contributed by atoms with E-state index in [9.17, 15) is 13.2 Å². The van der Waals surface area contributed by atoms with E-state index in [2.05, 4.69) is 26.9 Å². The predicted molar refractivity (Wildman–Crippen MR) is 146 cm³/mol. The SMILES string of the molecule is CCOc1ncc(S(=O)(=O)N2CCN(CC)CC2)cc1-c1nc2c(-c3ccc4c(c3)OCO4)n(C)nc2c(=O)[nH]1. The smallest absolute Gasteiger partial charge is 0.279 e. The average Bonchev–Trinajstić information content (AvgIpc) is 3.56. The van der Waals surface area contributed by atoms with Crippen LogP contribution in [0.2, 0.25) is 0 Å². The van der Waals surface area contributed by atoms with Crippen LogP contribution in [0.4, 0.5) is 0 Å². The lowest BCUT2D eigenvalue weighted by Crippen LogP contribution is -2.48. The van der Waals surface area contributed by atoms with Crippen molar-refractivity contribution in [3.05, 3.63) is 40.8 Å². The Hall–Kier alpha value is -4.01. The highest BCUT2D eigenvalue weighted by Gasteiger charge is 2.30. The average molecular weight is 568 g/mol. The maximum Gasteiger partial charge on any atom is 0.279 e. The van der Waals surface area contributed by atoms with Gasteiger partial charge in [-0.1, -0.05) is 6.92 Å². The number of hydrogen-bond acceptors (Lipinski definition) is 10. The topological polar surface area (TPSA) is 145 Å². The van der Waals surface area contributed by atoms with Gasteiger partial charge in [0, 0.05) is 38.8 Å². The Morgan fingerprint density at radius 1 is 1.05 bits per heavy atom. The van der Waals surface area contributed by atoms with Crippen LogP contribution in [0, 0.1) is 0 Å². The van der Waals surface area contributed by atoms with Crippen LogP contribution in [0.3, 0.4) is 0 Å². The van der Waals surface area contributed by atoms with Crippen LogP contribution >= 0.6 is 0 Å². The van der Waals surface area contributed by atoms with Crippen LogP contribution in [0.15, 0.2) is 40.2 Å². The molecule has 0 atom stereocenters. The van der Waals surface area contributed by atoms with Crippen molar-refractivity contribution in [3.63, 3.8) is 0 Å². The number of benzene rings is 1. The lowest BCUT2D eigenvalue weighted by molar-refractivity contribution is 0.174. The number of sulfonamides is 1. The molecule has 40 heavy (non-hydrogen) atoms. The number of pyridine rings is 1. The maximum absolute atomic E-state index is 13.5. The molecule has 0 unspecified atom stereocenters. The standard InChI is InChI=1S/C26H29N7O6S/c1-4-32-8-10-33(11-9-32)40(35,36)17-13-18(26(27-14-17)37-5-2)24-28-21-22(25(34)29-24)30-31(3)23(21)16-6-7-19-20(12-16)39-15-38-19/h6-7,12-14H,4-5,8-11,15H2,1-3H3,(H,28,29,34). The first-order valence-electron chi connectivity index (χ1n) is 13.0. The van der Waals surface area contributed by atoms with Crippen LogP contribution in [0.25, 0.3) is 33.7 Å².